The number of amides is 1. The Balaban J connectivity index is 2.80. The number of carbonyl (C=O) groups is 1. The van der Waals surface area contributed by atoms with E-state index in [0.717, 1.165) is 6.26 Å². The van der Waals surface area contributed by atoms with Gasteiger partial charge in [-0.2, -0.15) is 0 Å². The predicted molar refractivity (Wildman–Crippen MR) is 65.2 cm³/mol. The van der Waals surface area contributed by atoms with Gasteiger partial charge >= 0.3 is 0 Å². The highest BCUT2D eigenvalue weighted by Gasteiger charge is 2.18. The molecular formula is C10H14FN3O3S. The molecule has 6 nitrogen and oxygen atoms in total. The maximum Gasteiger partial charge on any atom is 0.254 e. The predicted octanol–water partition coefficient (Wildman–Crippen LogP) is -0.0342. The van der Waals surface area contributed by atoms with Gasteiger partial charge in [0.25, 0.3) is 5.91 Å². The normalized spacial score (nSPS) is 13.1. The molecule has 1 aromatic heterocycles. The second-order valence-electron chi connectivity index (χ2n) is 4.02. The van der Waals surface area contributed by atoms with Gasteiger partial charge in [-0.15, -0.1) is 0 Å². The Morgan fingerprint density at radius 3 is 2.78 bits per heavy atom. The molecule has 1 rings (SSSR count). The van der Waals surface area contributed by atoms with E-state index in [9.17, 15) is 17.6 Å². The number of rotatable bonds is 4. The number of hydrogen-bond donors (Lipinski definition) is 2. The van der Waals surface area contributed by atoms with Gasteiger partial charge in [-0.05, 0) is 13.0 Å². The van der Waals surface area contributed by atoms with Crippen LogP contribution in [0.15, 0.2) is 12.3 Å². The zero-order valence-electron chi connectivity index (χ0n) is 9.97. The van der Waals surface area contributed by atoms with Gasteiger partial charge in [-0.25, -0.2) is 17.8 Å². The van der Waals surface area contributed by atoms with E-state index in [0.29, 0.717) is 0 Å². The molecule has 0 aliphatic rings. The molecule has 8 heteroatoms. The van der Waals surface area contributed by atoms with Crippen LogP contribution in [0.3, 0.4) is 0 Å². The molecule has 18 heavy (non-hydrogen) atoms. The van der Waals surface area contributed by atoms with Crippen molar-refractivity contribution < 1.29 is 17.6 Å². The second kappa shape index (κ2) is 5.30. The lowest BCUT2D eigenvalue weighted by atomic mass is 10.2. The van der Waals surface area contributed by atoms with Crippen molar-refractivity contribution in [3.8, 4) is 0 Å². The van der Waals surface area contributed by atoms with Crippen LogP contribution in [0.1, 0.15) is 17.3 Å². The Kier molecular flexibility index (Phi) is 4.23. The van der Waals surface area contributed by atoms with Crippen molar-refractivity contribution in [2.24, 2.45) is 0 Å². The van der Waals surface area contributed by atoms with Crippen LogP contribution in [0.5, 0.6) is 0 Å². The highest BCUT2D eigenvalue weighted by molar-refractivity contribution is 7.90. The van der Waals surface area contributed by atoms with E-state index in [2.05, 4.69) is 10.3 Å². The minimum absolute atomic E-state index is 0.221. The van der Waals surface area contributed by atoms with Gasteiger partial charge < -0.3 is 11.1 Å². The molecular weight excluding hydrogens is 261 g/mol. The number of hydrogen-bond acceptors (Lipinski definition) is 5. The Hall–Kier alpha value is -1.70. The van der Waals surface area contributed by atoms with Gasteiger partial charge in [0.15, 0.2) is 11.6 Å². The van der Waals surface area contributed by atoms with Crippen LogP contribution in [-0.2, 0) is 9.84 Å². The highest BCUT2D eigenvalue weighted by Crippen LogP contribution is 2.11. The summed E-state index contributed by atoms with van der Waals surface area (Å²) >= 11 is 0. The van der Waals surface area contributed by atoms with Crippen molar-refractivity contribution in [1.82, 2.24) is 10.3 Å². The SMILES string of the molecule is CC(CS(C)(=O)=O)NC(=O)c1ccnc(N)c1F. The molecule has 1 atom stereocenters. The molecule has 0 fully saturated rings. The zero-order valence-corrected chi connectivity index (χ0v) is 10.8. The first-order valence-corrected chi connectivity index (χ1v) is 7.15. The summed E-state index contributed by atoms with van der Waals surface area (Å²) in [5, 5.41) is 2.38. The molecule has 1 aromatic rings. The lowest BCUT2D eigenvalue weighted by Gasteiger charge is -2.13. The molecule has 100 valence electrons. The third-order valence-corrected chi connectivity index (χ3v) is 3.20. The van der Waals surface area contributed by atoms with Gasteiger partial charge in [0.05, 0.1) is 11.3 Å². The molecule has 0 saturated carbocycles. The fourth-order valence-electron chi connectivity index (χ4n) is 1.43. The summed E-state index contributed by atoms with van der Waals surface area (Å²) < 4.78 is 35.5. The number of nitrogens with one attached hydrogen (secondary N) is 1. The Bertz CT molecular complexity index is 559. The first-order valence-electron chi connectivity index (χ1n) is 5.09. The third-order valence-electron chi connectivity index (χ3n) is 2.09. The molecule has 0 bridgehead atoms. The van der Waals surface area contributed by atoms with Crippen molar-refractivity contribution in [3.05, 3.63) is 23.6 Å². The number of nitrogens with zero attached hydrogens (tertiary/aromatic N) is 1. The Labute approximate surface area is 104 Å². The van der Waals surface area contributed by atoms with Crippen molar-refractivity contribution in [2.45, 2.75) is 13.0 Å². The topological polar surface area (TPSA) is 102 Å². The molecule has 1 unspecified atom stereocenters. The summed E-state index contributed by atoms with van der Waals surface area (Å²) in [4.78, 5) is 15.2. The van der Waals surface area contributed by atoms with E-state index in [4.69, 9.17) is 5.73 Å². The Morgan fingerprint density at radius 1 is 1.61 bits per heavy atom. The lowest BCUT2D eigenvalue weighted by molar-refractivity contribution is 0.0939. The van der Waals surface area contributed by atoms with E-state index in [-0.39, 0.29) is 17.1 Å². The number of halogens is 1. The van der Waals surface area contributed by atoms with Gasteiger partial charge in [0, 0.05) is 18.5 Å². The van der Waals surface area contributed by atoms with Crippen LogP contribution in [0.2, 0.25) is 0 Å². The number of aromatic nitrogens is 1. The summed E-state index contributed by atoms with van der Waals surface area (Å²) in [6.07, 6.45) is 2.26. The van der Waals surface area contributed by atoms with Crippen LogP contribution in [0, 0.1) is 5.82 Å². The summed E-state index contributed by atoms with van der Waals surface area (Å²) in [6.45, 7) is 1.52. The minimum Gasteiger partial charge on any atom is -0.381 e. The number of sulfone groups is 1. The van der Waals surface area contributed by atoms with E-state index < -0.39 is 27.6 Å². The average molecular weight is 275 g/mol. The number of nitrogens with two attached hydrogens (primary N) is 1. The van der Waals surface area contributed by atoms with Crippen LogP contribution >= 0.6 is 0 Å². The molecule has 0 aromatic carbocycles. The van der Waals surface area contributed by atoms with Gasteiger partial charge in [0.1, 0.15) is 9.84 Å². The van der Waals surface area contributed by atoms with Crippen LogP contribution in [0.25, 0.3) is 0 Å². The van der Waals surface area contributed by atoms with Gasteiger partial charge in [-0.3, -0.25) is 4.79 Å². The number of nitrogen functional groups attached to an aromatic ring is 1. The van der Waals surface area contributed by atoms with Crippen molar-refractivity contribution in [2.75, 3.05) is 17.7 Å². The molecule has 1 amide bonds. The Morgan fingerprint density at radius 2 is 2.22 bits per heavy atom. The van der Waals surface area contributed by atoms with Crippen molar-refractivity contribution in [3.63, 3.8) is 0 Å². The molecule has 0 aliphatic carbocycles. The number of carbonyl (C=O) groups excluding carboxylic acids is 1. The quantitative estimate of drug-likeness (QED) is 0.803. The highest BCUT2D eigenvalue weighted by atomic mass is 32.2. The van der Waals surface area contributed by atoms with E-state index in [1.165, 1.54) is 19.2 Å². The largest absolute Gasteiger partial charge is 0.381 e. The zero-order chi connectivity index (χ0) is 13.9. The summed E-state index contributed by atoms with van der Waals surface area (Å²) in [5.74, 6) is -2.24. The molecule has 0 radical (unpaired) electrons. The summed E-state index contributed by atoms with van der Waals surface area (Å²) in [5.41, 5.74) is 4.97. The molecule has 0 aliphatic heterocycles. The first kappa shape index (κ1) is 14.4. The van der Waals surface area contributed by atoms with E-state index in [1.807, 2.05) is 0 Å². The van der Waals surface area contributed by atoms with E-state index in [1.54, 1.807) is 0 Å². The third kappa shape index (κ3) is 3.95. The molecule has 3 N–H and O–H groups in total. The number of anilines is 1. The standard InChI is InChI=1S/C10H14FN3O3S/c1-6(5-18(2,16)17)14-10(15)7-3-4-13-9(12)8(7)11/h3-4,6H,5H2,1-2H3,(H2,12,13)(H,14,15). The molecule has 0 spiro atoms. The van der Waals surface area contributed by atoms with Crippen molar-refractivity contribution >= 4 is 21.6 Å². The van der Waals surface area contributed by atoms with Gasteiger partial charge in [0.2, 0.25) is 0 Å². The fourth-order valence-corrected chi connectivity index (χ4v) is 2.42. The van der Waals surface area contributed by atoms with Crippen LogP contribution in [0.4, 0.5) is 10.2 Å². The maximum atomic E-state index is 13.5. The lowest BCUT2D eigenvalue weighted by Crippen LogP contribution is -2.37. The average Bonchev–Trinajstić information content (AvgIpc) is 2.18. The molecule has 1 heterocycles. The monoisotopic (exact) mass is 275 g/mol. The number of pyridine rings is 1. The summed E-state index contributed by atoms with van der Waals surface area (Å²) in [7, 11) is -3.21. The smallest absolute Gasteiger partial charge is 0.254 e. The minimum atomic E-state index is -3.21. The first-order chi connectivity index (χ1) is 8.20. The fraction of sp³-hybridized carbons (Fsp3) is 0.400. The summed E-state index contributed by atoms with van der Waals surface area (Å²) in [6, 6.07) is 0.551. The molecule has 0 saturated heterocycles. The van der Waals surface area contributed by atoms with Crippen LogP contribution in [-0.4, -0.2) is 37.4 Å². The van der Waals surface area contributed by atoms with Crippen LogP contribution < -0.4 is 11.1 Å². The van der Waals surface area contributed by atoms with Crippen molar-refractivity contribution in [1.29, 1.82) is 0 Å². The maximum absolute atomic E-state index is 13.5. The van der Waals surface area contributed by atoms with E-state index >= 15 is 0 Å². The van der Waals surface area contributed by atoms with Gasteiger partial charge in [-0.1, -0.05) is 0 Å². The second-order valence-corrected chi connectivity index (χ2v) is 6.21.